The Balaban J connectivity index is 2.65. The van der Waals surface area contributed by atoms with Crippen LogP contribution in [0.2, 0.25) is 0 Å². The first-order chi connectivity index (χ1) is 12.0. The van der Waals surface area contributed by atoms with Crippen LogP contribution in [0, 0.1) is 6.92 Å². The van der Waals surface area contributed by atoms with E-state index in [-0.39, 0.29) is 11.9 Å². The zero-order valence-electron chi connectivity index (χ0n) is 16.1. The van der Waals surface area contributed by atoms with Crippen LogP contribution in [0.25, 0.3) is 0 Å². The molecule has 0 atom stereocenters. The van der Waals surface area contributed by atoms with Gasteiger partial charge in [0.05, 0.1) is 13.2 Å². The van der Waals surface area contributed by atoms with E-state index in [1.807, 2.05) is 46.8 Å². The second-order valence-electron chi connectivity index (χ2n) is 6.14. The van der Waals surface area contributed by atoms with Gasteiger partial charge in [-0.25, -0.2) is 4.99 Å². The number of guanidine groups is 1. The number of nitrogens with one attached hydrogen (secondary N) is 3. The molecule has 6 nitrogen and oxygen atoms in total. The van der Waals surface area contributed by atoms with Gasteiger partial charge in [-0.15, -0.1) is 0 Å². The lowest BCUT2D eigenvalue weighted by atomic mass is 10.1. The van der Waals surface area contributed by atoms with E-state index < -0.39 is 0 Å². The molecule has 0 heterocycles. The van der Waals surface area contributed by atoms with Crippen molar-refractivity contribution >= 4 is 11.9 Å². The number of aliphatic imine (C=N–C) groups is 1. The van der Waals surface area contributed by atoms with E-state index in [2.05, 4.69) is 27.0 Å². The molecule has 0 aliphatic carbocycles. The molecule has 1 aromatic carbocycles. The normalized spacial score (nSPS) is 11.4. The van der Waals surface area contributed by atoms with E-state index in [0.29, 0.717) is 32.1 Å². The van der Waals surface area contributed by atoms with Gasteiger partial charge >= 0.3 is 0 Å². The lowest BCUT2D eigenvalue weighted by Gasteiger charge is -2.13. The maximum absolute atomic E-state index is 11.7. The number of amides is 1. The number of ether oxygens (including phenoxy) is 1. The van der Waals surface area contributed by atoms with Gasteiger partial charge in [0.1, 0.15) is 5.75 Å². The Hall–Kier alpha value is -2.24. The molecular weight excluding hydrogens is 316 g/mol. The molecular formula is C19H32N4O2. The topological polar surface area (TPSA) is 74.8 Å². The number of nitrogens with zero attached hydrogens (tertiary/aromatic N) is 1. The number of hydrogen-bond donors (Lipinski definition) is 3. The van der Waals surface area contributed by atoms with Crippen molar-refractivity contribution in [3.05, 3.63) is 29.3 Å². The molecule has 0 fully saturated rings. The zero-order valence-corrected chi connectivity index (χ0v) is 16.1. The van der Waals surface area contributed by atoms with E-state index in [1.54, 1.807) is 0 Å². The summed E-state index contributed by atoms with van der Waals surface area (Å²) in [5.74, 6) is 1.61. The molecule has 0 aliphatic heterocycles. The van der Waals surface area contributed by atoms with Crippen LogP contribution in [-0.2, 0) is 11.3 Å². The summed E-state index contributed by atoms with van der Waals surface area (Å²) in [4.78, 5) is 16.3. The highest BCUT2D eigenvalue weighted by molar-refractivity contribution is 5.81. The van der Waals surface area contributed by atoms with Crippen LogP contribution >= 0.6 is 0 Å². The highest BCUT2D eigenvalue weighted by atomic mass is 16.5. The Kier molecular flexibility index (Phi) is 9.43. The van der Waals surface area contributed by atoms with Gasteiger partial charge < -0.3 is 20.7 Å². The van der Waals surface area contributed by atoms with Crippen LogP contribution in [0.3, 0.4) is 0 Å². The van der Waals surface area contributed by atoms with Gasteiger partial charge in [0.25, 0.3) is 0 Å². The molecule has 140 valence electrons. The lowest BCUT2D eigenvalue weighted by Crippen LogP contribution is -2.40. The van der Waals surface area contributed by atoms with Crippen LogP contribution in [0.15, 0.2) is 23.2 Å². The quantitative estimate of drug-likeness (QED) is 0.473. The fourth-order valence-electron chi connectivity index (χ4n) is 2.28. The predicted molar refractivity (Wildman–Crippen MR) is 103 cm³/mol. The number of rotatable bonds is 9. The van der Waals surface area contributed by atoms with E-state index in [1.165, 1.54) is 0 Å². The number of carbonyl (C=O) groups is 1. The van der Waals surface area contributed by atoms with Crippen LogP contribution in [0.5, 0.6) is 5.75 Å². The van der Waals surface area contributed by atoms with Gasteiger partial charge in [-0.1, -0.05) is 12.1 Å². The standard InChI is InChI=1S/C19H32N4O2/c1-6-20-19(21-11-10-18(24)23-14(3)4)22-13-16-9-8-15(5)12-17(16)25-7-2/h8-9,12,14H,6-7,10-11,13H2,1-5H3,(H,23,24)(H2,20,21,22). The molecule has 1 aromatic rings. The molecule has 1 rings (SSSR count). The van der Waals surface area contributed by atoms with Crippen LogP contribution in [0.1, 0.15) is 45.2 Å². The minimum absolute atomic E-state index is 0.0375. The van der Waals surface area contributed by atoms with Gasteiger partial charge in [-0.2, -0.15) is 0 Å². The third-order valence-corrected chi connectivity index (χ3v) is 3.37. The molecule has 1 amide bonds. The minimum atomic E-state index is 0.0375. The van der Waals surface area contributed by atoms with Crippen LogP contribution in [0.4, 0.5) is 0 Å². The molecule has 0 spiro atoms. The van der Waals surface area contributed by atoms with Crippen molar-refractivity contribution in [2.75, 3.05) is 19.7 Å². The Morgan fingerprint density at radius 1 is 1.24 bits per heavy atom. The molecule has 0 saturated carbocycles. The summed E-state index contributed by atoms with van der Waals surface area (Å²) in [7, 11) is 0. The van der Waals surface area contributed by atoms with Crippen LogP contribution < -0.4 is 20.7 Å². The molecule has 0 bridgehead atoms. The molecule has 0 aromatic heterocycles. The summed E-state index contributed by atoms with van der Waals surface area (Å²) < 4.78 is 5.70. The molecule has 3 N–H and O–H groups in total. The smallest absolute Gasteiger partial charge is 0.221 e. The van der Waals surface area contributed by atoms with Gasteiger partial charge in [-0.3, -0.25) is 4.79 Å². The molecule has 0 unspecified atom stereocenters. The monoisotopic (exact) mass is 348 g/mol. The summed E-state index contributed by atoms with van der Waals surface area (Å²) in [6.45, 7) is 12.4. The Labute approximate surface area is 151 Å². The molecule has 0 aliphatic rings. The summed E-state index contributed by atoms with van der Waals surface area (Å²) in [5.41, 5.74) is 2.21. The Morgan fingerprint density at radius 3 is 2.64 bits per heavy atom. The van der Waals surface area contributed by atoms with Crippen molar-refractivity contribution in [1.29, 1.82) is 0 Å². The molecule has 6 heteroatoms. The molecule has 0 saturated heterocycles. The van der Waals surface area contributed by atoms with Crippen molar-refractivity contribution < 1.29 is 9.53 Å². The minimum Gasteiger partial charge on any atom is -0.494 e. The molecule has 0 radical (unpaired) electrons. The second-order valence-corrected chi connectivity index (χ2v) is 6.14. The maximum Gasteiger partial charge on any atom is 0.221 e. The Bertz CT molecular complexity index is 571. The number of benzene rings is 1. The van der Waals surface area contributed by atoms with E-state index >= 15 is 0 Å². The first kappa shape index (κ1) is 20.8. The van der Waals surface area contributed by atoms with Crippen molar-refractivity contribution in [2.45, 2.75) is 53.6 Å². The molecule has 25 heavy (non-hydrogen) atoms. The average Bonchev–Trinajstić information content (AvgIpc) is 2.53. The fraction of sp³-hybridized carbons (Fsp3) is 0.579. The second kappa shape index (κ2) is 11.3. The van der Waals surface area contributed by atoms with Gasteiger partial charge in [0.15, 0.2) is 5.96 Å². The van der Waals surface area contributed by atoms with Crippen molar-refractivity contribution in [2.24, 2.45) is 4.99 Å². The largest absolute Gasteiger partial charge is 0.494 e. The lowest BCUT2D eigenvalue weighted by molar-refractivity contribution is -0.121. The number of aryl methyl sites for hydroxylation is 1. The van der Waals surface area contributed by atoms with Crippen molar-refractivity contribution in [1.82, 2.24) is 16.0 Å². The maximum atomic E-state index is 11.7. The SMILES string of the molecule is CCNC(=NCc1ccc(C)cc1OCC)NCCC(=O)NC(C)C. The summed E-state index contributed by atoms with van der Waals surface area (Å²) in [6, 6.07) is 6.30. The first-order valence-electron chi connectivity index (χ1n) is 9.00. The summed E-state index contributed by atoms with van der Waals surface area (Å²) in [5, 5.41) is 9.27. The highest BCUT2D eigenvalue weighted by Crippen LogP contribution is 2.21. The van der Waals surface area contributed by atoms with Crippen LogP contribution in [-0.4, -0.2) is 37.6 Å². The average molecular weight is 348 g/mol. The number of hydrogen-bond acceptors (Lipinski definition) is 3. The third-order valence-electron chi connectivity index (χ3n) is 3.37. The summed E-state index contributed by atoms with van der Waals surface area (Å²) in [6.07, 6.45) is 0.414. The van der Waals surface area contributed by atoms with Crippen molar-refractivity contribution in [3.63, 3.8) is 0 Å². The van der Waals surface area contributed by atoms with Gasteiger partial charge in [-0.05, 0) is 46.2 Å². The van der Waals surface area contributed by atoms with E-state index in [9.17, 15) is 4.79 Å². The number of carbonyl (C=O) groups excluding carboxylic acids is 1. The Morgan fingerprint density at radius 2 is 2.00 bits per heavy atom. The third kappa shape index (κ3) is 8.42. The highest BCUT2D eigenvalue weighted by Gasteiger charge is 2.06. The van der Waals surface area contributed by atoms with Gasteiger partial charge in [0, 0.05) is 31.1 Å². The first-order valence-corrected chi connectivity index (χ1v) is 9.00. The van der Waals surface area contributed by atoms with Gasteiger partial charge in [0.2, 0.25) is 5.91 Å². The predicted octanol–water partition coefficient (Wildman–Crippen LogP) is 2.36. The summed E-state index contributed by atoms with van der Waals surface area (Å²) >= 11 is 0. The van der Waals surface area contributed by atoms with E-state index in [0.717, 1.165) is 23.4 Å². The zero-order chi connectivity index (χ0) is 18.7. The van der Waals surface area contributed by atoms with Crippen molar-refractivity contribution in [3.8, 4) is 5.75 Å². The fourth-order valence-corrected chi connectivity index (χ4v) is 2.28. The van der Waals surface area contributed by atoms with E-state index in [4.69, 9.17) is 4.74 Å².